The zero-order valence-electron chi connectivity index (χ0n) is 3.16. The van der Waals surface area contributed by atoms with Crippen LogP contribution < -0.4 is 106 Å². The average Bonchev–Trinajstić information content (AvgIpc) is 0. The molecule has 0 aromatic heterocycles. The maximum Gasteiger partial charge on any atom is 1.00 e. The molecule has 0 aromatic carbocycles. The first kappa shape index (κ1) is 39.0. The molecular weight excluding hydrogens is 168 g/mol. The molecule has 5 heteroatoms. The molecule has 0 aliphatic carbocycles. The molecule has 0 unspecified atom stereocenters. The molecule has 24 valence electrons. The molecule has 0 N–H and O–H groups in total. The fourth-order valence-electron chi connectivity index (χ4n) is 0. The van der Waals surface area contributed by atoms with Crippen LogP contribution in [0.1, 0.15) is 0 Å². The molecule has 0 aromatic rings. The van der Waals surface area contributed by atoms with Crippen LogP contribution in [0.3, 0.4) is 0 Å². The number of halogens is 3. The van der Waals surface area contributed by atoms with Gasteiger partial charge in [-0.2, -0.15) is 0 Å². The van der Waals surface area contributed by atoms with E-state index in [4.69, 9.17) is 0 Å². The summed E-state index contributed by atoms with van der Waals surface area (Å²) >= 11 is 0. The summed E-state index contributed by atoms with van der Waals surface area (Å²) in [6, 6.07) is 0. The van der Waals surface area contributed by atoms with Gasteiger partial charge in [-0.1, -0.05) is 0 Å². The molecule has 0 fully saturated rings. The Kier molecular flexibility index (Phi) is 202. The van der Waals surface area contributed by atoms with E-state index >= 15 is 0 Å². The normalized spacial score (nSPS) is 0. The Bertz CT molecular complexity index is 6.85. The standard InChI is InChI=1S/3ClH.K.Na/h3*1H;;/q;;;2*+1/p-2. The summed E-state index contributed by atoms with van der Waals surface area (Å²) in [4.78, 5) is 0. The fourth-order valence-corrected chi connectivity index (χ4v) is 0. The first-order valence-corrected chi connectivity index (χ1v) is 0. The molecule has 0 nitrogen and oxygen atoms in total. The second-order valence-electron chi connectivity index (χ2n) is 0. The number of hydrogen-bond donors (Lipinski definition) is 0. The average molecular weight is 169 g/mol. The largest absolute Gasteiger partial charge is 1.00 e. The minimum atomic E-state index is 0. The van der Waals surface area contributed by atoms with Gasteiger partial charge in [-0.05, 0) is 0 Å². The van der Waals surface area contributed by atoms with Gasteiger partial charge in [0.05, 0.1) is 0 Å². The van der Waals surface area contributed by atoms with E-state index in [0.717, 1.165) is 0 Å². The molecular formula is HCl3KNa. The van der Waals surface area contributed by atoms with Crippen LogP contribution in [-0.4, -0.2) is 0 Å². The summed E-state index contributed by atoms with van der Waals surface area (Å²) in [5, 5.41) is 0. The fraction of sp³-hybridized carbons (Fsp3) is 0. The summed E-state index contributed by atoms with van der Waals surface area (Å²) in [7, 11) is 0. The maximum absolute atomic E-state index is 0. The Balaban J connectivity index is 0. The van der Waals surface area contributed by atoms with Crippen LogP contribution in [0.2, 0.25) is 0 Å². The third-order valence-corrected chi connectivity index (χ3v) is 0. The molecule has 0 heterocycles. The summed E-state index contributed by atoms with van der Waals surface area (Å²) in [5.41, 5.74) is 0. The Morgan fingerprint density at radius 1 is 0.800 bits per heavy atom. The van der Waals surface area contributed by atoms with Crippen LogP contribution in [0.4, 0.5) is 0 Å². The summed E-state index contributed by atoms with van der Waals surface area (Å²) in [6.45, 7) is 0. The molecule has 0 rings (SSSR count). The Morgan fingerprint density at radius 2 is 0.800 bits per heavy atom. The first-order valence-electron chi connectivity index (χ1n) is 0. The van der Waals surface area contributed by atoms with Gasteiger partial charge in [0.25, 0.3) is 0 Å². The second-order valence-corrected chi connectivity index (χ2v) is 0. The van der Waals surface area contributed by atoms with Crippen LogP contribution in [0.5, 0.6) is 0 Å². The first-order chi connectivity index (χ1) is 0. The molecule has 0 spiro atoms. The topological polar surface area (TPSA) is 0 Å². The van der Waals surface area contributed by atoms with Crippen molar-refractivity contribution in [3.8, 4) is 0 Å². The smallest absolute Gasteiger partial charge is 1.00 e. The molecule has 0 bridgehead atoms. The Hall–Kier alpha value is 3.51. The van der Waals surface area contributed by atoms with Gasteiger partial charge in [-0.15, -0.1) is 12.4 Å². The van der Waals surface area contributed by atoms with E-state index in [9.17, 15) is 0 Å². The van der Waals surface area contributed by atoms with Crippen molar-refractivity contribution in [2.24, 2.45) is 0 Å². The predicted octanol–water partition coefficient (Wildman–Crippen LogP) is -11.6. The zero-order chi connectivity index (χ0) is 0. The van der Waals surface area contributed by atoms with E-state index in [0.29, 0.717) is 0 Å². The van der Waals surface area contributed by atoms with Gasteiger partial charge >= 0.3 is 80.9 Å². The number of hydrogen-bond acceptors (Lipinski definition) is 0. The second kappa shape index (κ2) is 25.8. The molecule has 0 saturated heterocycles. The molecule has 5 heavy (non-hydrogen) atoms. The van der Waals surface area contributed by atoms with E-state index < -0.39 is 0 Å². The third-order valence-electron chi connectivity index (χ3n) is 0. The van der Waals surface area contributed by atoms with Gasteiger partial charge < -0.3 is 24.8 Å². The molecule has 0 aliphatic heterocycles. The maximum atomic E-state index is 0. The number of rotatable bonds is 0. The molecule has 0 aliphatic rings. The van der Waals surface area contributed by atoms with Crippen LogP contribution in [-0.2, 0) is 0 Å². The van der Waals surface area contributed by atoms with Crippen LogP contribution in [0.15, 0.2) is 0 Å². The van der Waals surface area contributed by atoms with Crippen molar-refractivity contribution in [3.05, 3.63) is 0 Å². The van der Waals surface area contributed by atoms with Crippen molar-refractivity contribution in [2.75, 3.05) is 0 Å². The third kappa shape index (κ3) is 18.5. The van der Waals surface area contributed by atoms with Gasteiger partial charge in [0.1, 0.15) is 0 Å². The SMILES string of the molecule is Cl.[Cl-].[Cl-].[K+].[Na+]. The van der Waals surface area contributed by atoms with E-state index in [-0.39, 0.29) is 118 Å². The monoisotopic (exact) mass is 168 g/mol. The van der Waals surface area contributed by atoms with Crippen molar-refractivity contribution >= 4 is 12.4 Å². The van der Waals surface area contributed by atoms with Gasteiger partial charge in [0, 0.05) is 0 Å². The Labute approximate surface area is 115 Å². The van der Waals surface area contributed by atoms with Crippen molar-refractivity contribution in [3.63, 3.8) is 0 Å². The van der Waals surface area contributed by atoms with Crippen LogP contribution in [0, 0.1) is 0 Å². The van der Waals surface area contributed by atoms with E-state index in [1.165, 1.54) is 0 Å². The van der Waals surface area contributed by atoms with Gasteiger partial charge in [0.15, 0.2) is 0 Å². The van der Waals surface area contributed by atoms with Gasteiger partial charge in [-0.25, -0.2) is 0 Å². The van der Waals surface area contributed by atoms with E-state index in [2.05, 4.69) is 0 Å². The van der Waals surface area contributed by atoms with Crippen molar-refractivity contribution in [1.29, 1.82) is 0 Å². The quantitative estimate of drug-likeness (QED) is 0.316. The molecule has 0 atom stereocenters. The molecule has 0 radical (unpaired) electrons. The predicted molar refractivity (Wildman–Crippen MR) is 7.25 cm³/mol. The molecule has 0 amide bonds. The summed E-state index contributed by atoms with van der Waals surface area (Å²) < 4.78 is 0. The van der Waals surface area contributed by atoms with Gasteiger partial charge in [-0.3, -0.25) is 0 Å². The van der Waals surface area contributed by atoms with Gasteiger partial charge in [0.2, 0.25) is 0 Å². The van der Waals surface area contributed by atoms with Crippen molar-refractivity contribution in [1.82, 2.24) is 0 Å². The van der Waals surface area contributed by atoms with Crippen molar-refractivity contribution < 1.29 is 106 Å². The summed E-state index contributed by atoms with van der Waals surface area (Å²) in [5.74, 6) is 0. The summed E-state index contributed by atoms with van der Waals surface area (Å²) in [6.07, 6.45) is 0. The van der Waals surface area contributed by atoms with Crippen molar-refractivity contribution in [2.45, 2.75) is 0 Å². The molecule has 0 saturated carbocycles. The van der Waals surface area contributed by atoms with E-state index in [1.54, 1.807) is 0 Å². The van der Waals surface area contributed by atoms with Crippen LogP contribution in [0.25, 0.3) is 0 Å². The minimum Gasteiger partial charge on any atom is -1.00 e. The minimum absolute atomic E-state index is 0. The van der Waals surface area contributed by atoms with E-state index in [1.807, 2.05) is 0 Å². The van der Waals surface area contributed by atoms with Crippen LogP contribution >= 0.6 is 12.4 Å². The Morgan fingerprint density at radius 3 is 0.800 bits per heavy atom. The zero-order valence-corrected chi connectivity index (χ0v) is 10.6.